The van der Waals surface area contributed by atoms with Gasteiger partial charge in [0.25, 0.3) is 0 Å². The number of rotatable bonds is 3. The molecule has 0 fully saturated rings. The van der Waals surface area contributed by atoms with Gasteiger partial charge in [-0.15, -0.1) is 0 Å². The molecule has 2 aromatic rings. The van der Waals surface area contributed by atoms with Gasteiger partial charge in [0, 0.05) is 17.3 Å². The van der Waals surface area contributed by atoms with Crippen molar-refractivity contribution < 1.29 is 4.39 Å². The van der Waals surface area contributed by atoms with Crippen molar-refractivity contribution in [3.63, 3.8) is 0 Å². The third-order valence-electron chi connectivity index (χ3n) is 2.36. The molecule has 0 saturated heterocycles. The van der Waals surface area contributed by atoms with Crippen LogP contribution in [0.2, 0.25) is 10.0 Å². The van der Waals surface area contributed by atoms with Crippen LogP contribution in [0.3, 0.4) is 0 Å². The summed E-state index contributed by atoms with van der Waals surface area (Å²) in [5.74, 6) is -0.401. The molecule has 0 amide bonds. The maximum absolute atomic E-state index is 13.2. The van der Waals surface area contributed by atoms with Gasteiger partial charge in [0.2, 0.25) is 0 Å². The van der Waals surface area contributed by atoms with Gasteiger partial charge in [-0.05, 0) is 35.9 Å². The molecule has 0 saturated carbocycles. The predicted molar refractivity (Wildman–Crippen MR) is 70.2 cm³/mol. The van der Waals surface area contributed by atoms with Crippen molar-refractivity contribution in [1.82, 2.24) is 0 Å². The second-order valence-corrected chi connectivity index (χ2v) is 4.39. The van der Waals surface area contributed by atoms with Gasteiger partial charge in [-0.25, -0.2) is 4.39 Å². The van der Waals surface area contributed by atoms with E-state index in [1.54, 1.807) is 24.3 Å². The number of hydrogen-bond acceptors (Lipinski definition) is 1. The average molecular weight is 270 g/mol. The predicted octanol–water partition coefficient (Wildman–Crippen LogP) is 4.74. The molecule has 0 aliphatic carbocycles. The molecule has 88 valence electrons. The molecule has 0 bridgehead atoms. The SMILES string of the molecule is Fc1cccc(CNc2ccc(Cl)cc2)c1Cl. The molecule has 0 radical (unpaired) electrons. The fraction of sp³-hybridized carbons (Fsp3) is 0.0769. The van der Waals surface area contributed by atoms with Gasteiger partial charge in [0.1, 0.15) is 5.82 Å². The summed E-state index contributed by atoms with van der Waals surface area (Å²) in [4.78, 5) is 0. The Kier molecular flexibility index (Phi) is 3.87. The normalized spacial score (nSPS) is 10.3. The van der Waals surface area contributed by atoms with Gasteiger partial charge in [-0.3, -0.25) is 0 Å². The Morgan fingerprint density at radius 3 is 2.41 bits per heavy atom. The van der Waals surface area contributed by atoms with Crippen LogP contribution in [0.5, 0.6) is 0 Å². The fourth-order valence-corrected chi connectivity index (χ4v) is 1.77. The van der Waals surface area contributed by atoms with Crippen molar-refractivity contribution in [1.29, 1.82) is 0 Å². The summed E-state index contributed by atoms with van der Waals surface area (Å²) in [5, 5.41) is 3.99. The van der Waals surface area contributed by atoms with E-state index in [0.717, 1.165) is 11.3 Å². The van der Waals surface area contributed by atoms with E-state index >= 15 is 0 Å². The third-order valence-corrected chi connectivity index (χ3v) is 3.03. The summed E-state index contributed by atoms with van der Waals surface area (Å²) in [7, 11) is 0. The minimum atomic E-state index is -0.401. The second kappa shape index (κ2) is 5.39. The topological polar surface area (TPSA) is 12.0 Å². The van der Waals surface area contributed by atoms with Crippen molar-refractivity contribution >= 4 is 28.9 Å². The van der Waals surface area contributed by atoms with E-state index in [9.17, 15) is 4.39 Å². The highest BCUT2D eigenvalue weighted by atomic mass is 35.5. The quantitative estimate of drug-likeness (QED) is 0.849. The van der Waals surface area contributed by atoms with Gasteiger partial charge in [0.15, 0.2) is 0 Å². The summed E-state index contributed by atoms with van der Waals surface area (Å²) >= 11 is 11.6. The summed E-state index contributed by atoms with van der Waals surface area (Å²) < 4.78 is 13.2. The van der Waals surface area contributed by atoms with Gasteiger partial charge in [-0.2, -0.15) is 0 Å². The Bertz CT molecular complexity index is 511. The molecule has 0 aromatic heterocycles. The van der Waals surface area contributed by atoms with Crippen LogP contribution in [-0.4, -0.2) is 0 Å². The van der Waals surface area contributed by atoms with Gasteiger partial charge >= 0.3 is 0 Å². The molecule has 2 rings (SSSR count). The van der Waals surface area contributed by atoms with E-state index in [4.69, 9.17) is 23.2 Å². The zero-order chi connectivity index (χ0) is 12.3. The number of benzene rings is 2. The summed E-state index contributed by atoms with van der Waals surface area (Å²) in [6.07, 6.45) is 0. The highest BCUT2D eigenvalue weighted by Gasteiger charge is 2.04. The lowest BCUT2D eigenvalue weighted by atomic mass is 10.2. The smallest absolute Gasteiger partial charge is 0.142 e. The van der Waals surface area contributed by atoms with Gasteiger partial charge in [-0.1, -0.05) is 35.3 Å². The minimum Gasteiger partial charge on any atom is -0.381 e. The molecule has 17 heavy (non-hydrogen) atoms. The van der Waals surface area contributed by atoms with Crippen LogP contribution in [0, 0.1) is 5.82 Å². The standard InChI is InChI=1S/C13H10Cl2FN/c14-10-4-6-11(7-5-10)17-8-9-2-1-3-12(16)13(9)15/h1-7,17H,8H2. The van der Waals surface area contributed by atoms with Crippen molar-refractivity contribution in [3.8, 4) is 0 Å². The van der Waals surface area contributed by atoms with E-state index in [2.05, 4.69) is 5.32 Å². The van der Waals surface area contributed by atoms with Crippen molar-refractivity contribution in [2.75, 3.05) is 5.32 Å². The molecule has 0 heterocycles. The lowest BCUT2D eigenvalue weighted by Gasteiger charge is -2.08. The Labute approximate surface area is 109 Å². The molecule has 1 nitrogen and oxygen atoms in total. The van der Waals surface area contributed by atoms with Crippen LogP contribution in [0.1, 0.15) is 5.56 Å². The van der Waals surface area contributed by atoms with Crippen molar-refractivity contribution in [2.45, 2.75) is 6.54 Å². The Morgan fingerprint density at radius 2 is 1.71 bits per heavy atom. The van der Waals surface area contributed by atoms with Crippen LogP contribution in [0.15, 0.2) is 42.5 Å². The van der Waals surface area contributed by atoms with Crippen LogP contribution in [0.25, 0.3) is 0 Å². The third kappa shape index (κ3) is 3.11. The highest BCUT2D eigenvalue weighted by molar-refractivity contribution is 6.31. The monoisotopic (exact) mass is 269 g/mol. The van der Waals surface area contributed by atoms with E-state index in [0.29, 0.717) is 11.6 Å². The molecule has 2 aromatic carbocycles. The molecule has 1 N–H and O–H groups in total. The number of nitrogens with one attached hydrogen (secondary N) is 1. The number of halogens is 3. The average Bonchev–Trinajstić information content (AvgIpc) is 2.33. The van der Waals surface area contributed by atoms with Gasteiger partial charge in [0.05, 0.1) is 5.02 Å². The highest BCUT2D eigenvalue weighted by Crippen LogP contribution is 2.21. The van der Waals surface area contributed by atoms with Crippen molar-refractivity contribution in [3.05, 3.63) is 63.9 Å². The van der Waals surface area contributed by atoms with Crippen LogP contribution in [-0.2, 0) is 6.54 Å². The lowest BCUT2D eigenvalue weighted by Crippen LogP contribution is -2.00. The summed E-state index contributed by atoms with van der Waals surface area (Å²) in [5.41, 5.74) is 1.64. The zero-order valence-corrected chi connectivity index (χ0v) is 10.4. The molecule has 4 heteroatoms. The molecule has 0 aliphatic heterocycles. The van der Waals surface area contributed by atoms with E-state index < -0.39 is 5.82 Å². The Morgan fingerprint density at radius 1 is 1.00 bits per heavy atom. The fourth-order valence-electron chi connectivity index (χ4n) is 1.45. The molecule has 0 unspecified atom stereocenters. The molecular formula is C13H10Cl2FN. The first-order chi connectivity index (χ1) is 8.16. The van der Waals surface area contributed by atoms with Gasteiger partial charge < -0.3 is 5.32 Å². The summed E-state index contributed by atoms with van der Waals surface area (Å²) in [6, 6.07) is 12.1. The van der Waals surface area contributed by atoms with E-state index in [1.165, 1.54) is 6.07 Å². The lowest BCUT2D eigenvalue weighted by molar-refractivity contribution is 0.626. The molecule has 0 aliphatic rings. The molecule has 0 atom stereocenters. The first-order valence-electron chi connectivity index (χ1n) is 5.09. The van der Waals surface area contributed by atoms with E-state index in [-0.39, 0.29) is 5.02 Å². The Balaban J connectivity index is 2.07. The summed E-state index contributed by atoms with van der Waals surface area (Å²) in [6.45, 7) is 0.470. The van der Waals surface area contributed by atoms with E-state index in [1.807, 2.05) is 12.1 Å². The Hall–Kier alpha value is -1.25. The largest absolute Gasteiger partial charge is 0.381 e. The van der Waals surface area contributed by atoms with Crippen LogP contribution >= 0.6 is 23.2 Å². The molecule has 0 spiro atoms. The maximum atomic E-state index is 13.2. The zero-order valence-electron chi connectivity index (χ0n) is 8.88. The van der Waals surface area contributed by atoms with Crippen molar-refractivity contribution in [2.24, 2.45) is 0 Å². The first kappa shape index (κ1) is 12.2. The number of anilines is 1. The number of hydrogen-bond donors (Lipinski definition) is 1. The first-order valence-corrected chi connectivity index (χ1v) is 5.85. The van der Waals surface area contributed by atoms with Crippen LogP contribution in [0.4, 0.5) is 10.1 Å². The van der Waals surface area contributed by atoms with Crippen LogP contribution < -0.4 is 5.32 Å². The second-order valence-electron chi connectivity index (χ2n) is 3.57. The maximum Gasteiger partial charge on any atom is 0.142 e. The molecular weight excluding hydrogens is 260 g/mol. The minimum absolute atomic E-state index is 0.161.